The van der Waals surface area contributed by atoms with Gasteiger partial charge < -0.3 is 5.32 Å². The van der Waals surface area contributed by atoms with E-state index in [2.05, 4.69) is 10.4 Å². The molecule has 6 heteroatoms. The predicted molar refractivity (Wildman–Crippen MR) is 62.5 cm³/mol. The van der Waals surface area contributed by atoms with Gasteiger partial charge in [-0.05, 0) is 6.07 Å². The topological polar surface area (TPSA) is 44.7 Å². The Kier molecular flexibility index (Phi) is 3.36. The maximum Gasteiger partial charge on any atom is 0.276 e. The summed E-state index contributed by atoms with van der Waals surface area (Å²) < 4.78 is 26.0. The number of nitrogens with zero attached hydrogens (tertiary/aromatic N) is 2. The second-order valence-corrected chi connectivity index (χ2v) is 3.79. The third kappa shape index (κ3) is 2.53. The second-order valence-electron chi connectivity index (χ2n) is 3.79. The lowest BCUT2D eigenvalue weighted by molar-refractivity contribution is -0.124. The summed E-state index contributed by atoms with van der Waals surface area (Å²) in [4.78, 5) is 11.4. The van der Waals surface area contributed by atoms with Crippen LogP contribution < -0.4 is 5.32 Å². The summed E-state index contributed by atoms with van der Waals surface area (Å²) in [6, 6.07) is 3.36. The Bertz CT molecular complexity index is 540. The van der Waals surface area contributed by atoms with Crippen molar-refractivity contribution in [3.8, 4) is 0 Å². The van der Waals surface area contributed by atoms with Crippen LogP contribution in [0.15, 0.2) is 35.1 Å². The molecular weight excluding hydrogens is 240 g/mol. The lowest BCUT2D eigenvalue weighted by atomic mass is 10.2. The minimum Gasteiger partial charge on any atom is -0.386 e. The zero-order valence-electron chi connectivity index (χ0n) is 9.65. The molecule has 18 heavy (non-hydrogen) atoms. The number of hydrogen-bond donors (Lipinski definition) is 1. The first kappa shape index (κ1) is 12.2. The molecule has 0 aliphatic carbocycles. The first-order valence-corrected chi connectivity index (χ1v) is 5.27. The van der Waals surface area contributed by atoms with E-state index in [1.165, 1.54) is 29.6 Å². The van der Waals surface area contributed by atoms with Crippen LogP contribution in [-0.4, -0.2) is 24.2 Å². The van der Waals surface area contributed by atoms with Crippen LogP contribution in [0, 0.1) is 11.6 Å². The zero-order chi connectivity index (χ0) is 13.1. The molecule has 0 saturated carbocycles. The number of likely N-dealkylation sites (N-methyl/N-ethyl adjacent to an activating group) is 1. The highest BCUT2D eigenvalue weighted by atomic mass is 19.1. The lowest BCUT2D eigenvalue weighted by Crippen LogP contribution is -2.18. The van der Waals surface area contributed by atoms with Crippen LogP contribution in [0.3, 0.4) is 0 Å². The lowest BCUT2D eigenvalue weighted by Gasteiger charge is -2.04. The highest BCUT2D eigenvalue weighted by Crippen LogP contribution is 2.10. The van der Waals surface area contributed by atoms with Crippen molar-refractivity contribution in [2.75, 3.05) is 7.05 Å². The Hall–Kier alpha value is -2.24. The molecule has 0 spiro atoms. The minimum atomic E-state index is -0.621. The number of halogens is 2. The SMILES string of the molecule is CN1N=CC(=CNCc2ccc(F)cc2F)C1=O. The van der Waals surface area contributed by atoms with Crippen molar-refractivity contribution < 1.29 is 13.6 Å². The Labute approximate surface area is 103 Å². The van der Waals surface area contributed by atoms with Crippen LogP contribution in [0.2, 0.25) is 0 Å². The number of amides is 1. The van der Waals surface area contributed by atoms with E-state index in [4.69, 9.17) is 0 Å². The number of hydrogen-bond acceptors (Lipinski definition) is 3. The molecule has 0 aromatic heterocycles. The van der Waals surface area contributed by atoms with E-state index in [1.807, 2.05) is 0 Å². The van der Waals surface area contributed by atoms with Gasteiger partial charge in [-0.2, -0.15) is 5.10 Å². The molecule has 0 fully saturated rings. The highest BCUT2D eigenvalue weighted by Gasteiger charge is 2.17. The number of benzene rings is 1. The third-order valence-electron chi connectivity index (χ3n) is 2.48. The van der Waals surface area contributed by atoms with Crippen molar-refractivity contribution in [1.82, 2.24) is 10.3 Å². The average molecular weight is 251 g/mol. The van der Waals surface area contributed by atoms with Gasteiger partial charge in [0.2, 0.25) is 0 Å². The van der Waals surface area contributed by atoms with E-state index in [0.717, 1.165) is 6.07 Å². The van der Waals surface area contributed by atoms with E-state index in [1.54, 1.807) is 7.05 Å². The predicted octanol–water partition coefficient (Wildman–Crippen LogP) is 1.40. The summed E-state index contributed by atoms with van der Waals surface area (Å²) in [5, 5.41) is 7.77. The van der Waals surface area contributed by atoms with E-state index in [9.17, 15) is 13.6 Å². The Morgan fingerprint density at radius 2 is 2.22 bits per heavy atom. The molecule has 0 unspecified atom stereocenters. The Morgan fingerprint density at radius 1 is 1.44 bits per heavy atom. The van der Waals surface area contributed by atoms with Crippen LogP contribution in [0.4, 0.5) is 8.78 Å². The van der Waals surface area contributed by atoms with Gasteiger partial charge >= 0.3 is 0 Å². The third-order valence-corrected chi connectivity index (χ3v) is 2.48. The zero-order valence-corrected chi connectivity index (χ0v) is 9.65. The first-order valence-electron chi connectivity index (χ1n) is 5.27. The molecule has 94 valence electrons. The molecule has 1 amide bonds. The van der Waals surface area contributed by atoms with Crippen molar-refractivity contribution in [2.24, 2.45) is 5.10 Å². The fourth-order valence-corrected chi connectivity index (χ4v) is 1.48. The van der Waals surface area contributed by atoms with Crippen LogP contribution in [0.25, 0.3) is 0 Å². The molecule has 1 aromatic rings. The molecule has 0 bridgehead atoms. The number of nitrogens with one attached hydrogen (secondary N) is 1. The van der Waals surface area contributed by atoms with Crippen LogP contribution in [-0.2, 0) is 11.3 Å². The molecule has 1 aliphatic heterocycles. The molecule has 1 aliphatic rings. The molecule has 1 N–H and O–H groups in total. The standard InChI is InChI=1S/C12H11F2N3O/c1-17-12(18)9(7-16-17)6-15-5-8-2-3-10(13)4-11(8)14/h2-4,6-7,15H,5H2,1H3. The first-order chi connectivity index (χ1) is 8.58. The van der Waals surface area contributed by atoms with Crippen molar-refractivity contribution in [3.05, 3.63) is 47.2 Å². The maximum atomic E-state index is 13.3. The molecule has 0 atom stereocenters. The summed E-state index contributed by atoms with van der Waals surface area (Å²) in [5.74, 6) is -1.47. The molecule has 4 nitrogen and oxygen atoms in total. The van der Waals surface area contributed by atoms with Gasteiger partial charge in [-0.15, -0.1) is 0 Å². The average Bonchev–Trinajstić information content (AvgIpc) is 2.64. The van der Waals surface area contributed by atoms with Gasteiger partial charge in [0.15, 0.2) is 0 Å². The summed E-state index contributed by atoms with van der Waals surface area (Å²) in [7, 11) is 1.54. The number of carbonyl (C=O) groups is 1. The quantitative estimate of drug-likeness (QED) is 0.825. The van der Waals surface area contributed by atoms with Gasteiger partial charge in [-0.3, -0.25) is 4.79 Å². The van der Waals surface area contributed by atoms with Crippen LogP contribution in [0.1, 0.15) is 5.56 Å². The molecule has 0 saturated heterocycles. The monoisotopic (exact) mass is 251 g/mol. The smallest absolute Gasteiger partial charge is 0.276 e. The fourth-order valence-electron chi connectivity index (χ4n) is 1.48. The summed E-state index contributed by atoms with van der Waals surface area (Å²) in [6.07, 6.45) is 2.87. The normalized spacial score (nSPS) is 16.7. The molecule has 0 radical (unpaired) electrons. The summed E-state index contributed by atoms with van der Waals surface area (Å²) >= 11 is 0. The van der Waals surface area contributed by atoms with Gasteiger partial charge in [0.25, 0.3) is 5.91 Å². The number of hydrazone groups is 1. The Morgan fingerprint density at radius 3 is 2.83 bits per heavy atom. The van der Waals surface area contributed by atoms with E-state index >= 15 is 0 Å². The van der Waals surface area contributed by atoms with Gasteiger partial charge in [-0.25, -0.2) is 13.8 Å². The highest BCUT2D eigenvalue weighted by molar-refractivity contribution is 6.15. The van der Waals surface area contributed by atoms with Crippen LogP contribution in [0.5, 0.6) is 0 Å². The van der Waals surface area contributed by atoms with E-state index in [0.29, 0.717) is 11.1 Å². The van der Waals surface area contributed by atoms with E-state index in [-0.39, 0.29) is 12.5 Å². The van der Waals surface area contributed by atoms with Crippen molar-refractivity contribution >= 4 is 12.1 Å². The van der Waals surface area contributed by atoms with Gasteiger partial charge in [-0.1, -0.05) is 6.07 Å². The van der Waals surface area contributed by atoms with Crippen LogP contribution >= 0.6 is 0 Å². The number of rotatable bonds is 3. The Balaban J connectivity index is 1.99. The second kappa shape index (κ2) is 4.95. The largest absolute Gasteiger partial charge is 0.386 e. The van der Waals surface area contributed by atoms with Crippen molar-refractivity contribution in [2.45, 2.75) is 6.54 Å². The van der Waals surface area contributed by atoms with Gasteiger partial charge in [0.05, 0.1) is 11.8 Å². The molecule has 1 heterocycles. The number of carbonyl (C=O) groups excluding carboxylic acids is 1. The molecule has 1 aromatic carbocycles. The minimum absolute atomic E-state index is 0.167. The van der Waals surface area contributed by atoms with Crippen molar-refractivity contribution in [3.63, 3.8) is 0 Å². The summed E-state index contributed by atoms with van der Waals surface area (Å²) in [5.41, 5.74) is 0.712. The fraction of sp³-hybridized carbons (Fsp3) is 0.167. The van der Waals surface area contributed by atoms with Crippen molar-refractivity contribution in [1.29, 1.82) is 0 Å². The maximum absolute atomic E-state index is 13.3. The summed E-state index contributed by atoms with van der Waals surface area (Å²) in [6.45, 7) is 0.167. The molecule has 2 rings (SSSR count). The van der Waals surface area contributed by atoms with E-state index < -0.39 is 11.6 Å². The van der Waals surface area contributed by atoms with Gasteiger partial charge in [0.1, 0.15) is 11.6 Å². The van der Waals surface area contributed by atoms with Gasteiger partial charge in [0, 0.05) is 31.4 Å². The molecular formula is C12H11F2N3O.